The van der Waals surface area contributed by atoms with Crippen molar-refractivity contribution in [2.45, 2.75) is 51.5 Å². The van der Waals surface area contributed by atoms with Gasteiger partial charge in [-0.25, -0.2) is 0 Å². The predicted octanol–water partition coefficient (Wildman–Crippen LogP) is 3.42. The van der Waals surface area contributed by atoms with Crippen molar-refractivity contribution in [1.82, 2.24) is 19.8 Å². The van der Waals surface area contributed by atoms with Crippen molar-refractivity contribution in [3.63, 3.8) is 0 Å². The largest absolute Gasteiger partial charge is 0.372 e. The number of carbonyl (C=O) groups is 2. The van der Waals surface area contributed by atoms with Gasteiger partial charge in [0.2, 0.25) is 11.8 Å². The van der Waals surface area contributed by atoms with Gasteiger partial charge in [0.05, 0.1) is 53.9 Å². The molecular weight excluding hydrogens is 482 g/mol. The van der Waals surface area contributed by atoms with Crippen LogP contribution in [0.1, 0.15) is 27.7 Å². The average molecular weight is 514 g/mol. The van der Waals surface area contributed by atoms with Crippen LogP contribution in [0.25, 0.3) is 21.8 Å². The minimum absolute atomic E-state index is 0.0132. The molecule has 3 atom stereocenters. The van der Waals surface area contributed by atoms with Gasteiger partial charge in [-0.05, 0) is 45.9 Å². The molecule has 2 amide bonds. The monoisotopic (exact) mass is 513 g/mol. The van der Waals surface area contributed by atoms with Gasteiger partial charge in [-0.1, -0.05) is 11.6 Å². The van der Waals surface area contributed by atoms with Crippen LogP contribution < -0.4 is 5.32 Å². The Morgan fingerprint density at radius 1 is 1.22 bits per heavy atom. The lowest BCUT2D eigenvalue weighted by molar-refractivity contribution is -0.156. The van der Waals surface area contributed by atoms with Crippen molar-refractivity contribution in [2.24, 2.45) is 0 Å². The van der Waals surface area contributed by atoms with Gasteiger partial charge in [-0.3, -0.25) is 19.5 Å². The summed E-state index contributed by atoms with van der Waals surface area (Å²) in [5, 5.41) is 5.43. The van der Waals surface area contributed by atoms with Crippen LogP contribution in [-0.4, -0.2) is 88.2 Å². The van der Waals surface area contributed by atoms with Crippen molar-refractivity contribution < 1.29 is 19.1 Å². The maximum atomic E-state index is 13.6. The molecule has 0 bridgehead atoms. The molecule has 1 unspecified atom stereocenters. The number of nitrogens with one attached hydrogen (secondary N) is 2. The Labute approximate surface area is 215 Å². The molecule has 0 saturated carbocycles. The Balaban J connectivity index is 1.39. The minimum Gasteiger partial charge on any atom is -0.372 e. The van der Waals surface area contributed by atoms with Gasteiger partial charge in [0.15, 0.2) is 0 Å². The second-order valence-electron chi connectivity index (χ2n) is 10.5. The molecule has 4 heterocycles. The lowest BCUT2D eigenvalue weighted by Gasteiger charge is -2.43. The highest BCUT2D eigenvalue weighted by molar-refractivity contribution is 6.33. The zero-order valence-corrected chi connectivity index (χ0v) is 21.8. The Bertz CT molecular complexity index is 1300. The van der Waals surface area contributed by atoms with E-state index in [0.29, 0.717) is 30.3 Å². The Kier molecular flexibility index (Phi) is 6.67. The number of halogens is 1. The number of rotatable bonds is 4. The number of H-pyrrole nitrogens is 1. The smallest absolute Gasteiger partial charge is 0.244 e. The number of aromatic amines is 1. The van der Waals surface area contributed by atoms with Crippen LogP contribution in [0.15, 0.2) is 30.6 Å². The van der Waals surface area contributed by atoms with Gasteiger partial charge in [0.1, 0.15) is 6.04 Å². The van der Waals surface area contributed by atoms with Crippen LogP contribution in [0.4, 0.5) is 5.69 Å². The number of carbonyl (C=O) groups excluding carboxylic acids is 2. The number of benzene rings is 1. The van der Waals surface area contributed by atoms with E-state index in [2.05, 4.69) is 15.3 Å². The number of hydrogen-bond acceptors (Lipinski definition) is 6. The first-order valence-electron chi connectivity index (χ1n) is 12.3. The summed E-state index contributed by atoms with van der Waals surface area (Å²) in [7, 11) is 0. The number of ether oxygens (including phenoxy) is 2. The molecular formula is C26H32ClN5O4. The molecule has 2 aromatic heterocycles. The van der Waals surface area contributed by atoms with Gasteiger partial charge in [-0.15, -0.1) is 0 Å². The topological polar surface area (TPSA) is 99.8 Å². The van der Waals surface area contributed by atoms with Crippen molar-refractivity contribution in [1.29, 1.82) is 0 Å². The Morgan fingerprint density at radius 3 is 2.72 bits per heavy atom. The van der Waals surface area contributed by atoms with Gasteiger partial charge >= 0.3 is 0 Å². The number of aromatic nitrogens is 2. The number of pyridine rings is 1. The maximum Gasteiger partial charge on any atom is 0.244 e. The molecule has 2 N–H and O–H groups in total. The Morgan fingerprint density at radius 2 is 1.97 bits per heavy atom. The summed E-state index contributed by atoms with van der Waals surface area (Å²) in [6.45, 7) is 9.73. The molecule has 0 radical (unpaired) electrons. The molecule has 9 nitrogen and oxygen atoms in total. The fourth-order valence-corrected chi connectivity index (χ4v) is 5.47. The second kappa shape index (κ2) is 9.63. The van der Waals surface area contributed by atoms with E-state index in [9.17, 15) is 9.59 Å². The van der Waals surface area contributed by atoms with Crippen molar-refractivity contribution in [3.8, 4) is 0 Å². The third-order valence-corrected chi connectivity index (χ3v) is 7.02. The van der Waals surface area contributed by atoms with E-state index < -0.39 is 11.6 Å². The van der Waals surface area contributed by atoms with Crippen LogP contribution >= 0.6 is 11.6 Å². The number of anilines is 1. The summed E-state index contributed by atoms with van der Waals surface area (Å²) in [5.41, 5.74) is 1.72. The summed E-state index contributed by atoms with van der Waals surface area (Å²) < 4.78 is 11.8. The fourth-order valence-electron chi connectivity index (χ4n) is 5.25. The molecule has 3 aromatic rings. The van der Waals surface area contributed by atoms with Gasteiger partial charge in [0, 0.05) is 41.6 Å². The lowest BCUT2D eigenvalue weighted by Crippen LogP contribution is -2.61. The van der Waals surface area contributed by atoms with Crippen LogP contribution in [0, 0.1) is 0 Å². The number of fused-ring (bicyclic) bond motifs is 3. The minimum atomic E-state index is -0.627. The van der Waals surface area contributed by atoms with Crippen molar-refractivity contribution in [2.75, 3.05) is 38.1 Å². The molecule has 2 aliphatic heterocycles. The van der Waals surface area contributed by atoms with Gasteiger partial charge < -0.3 is 24.7 Å². The summed E-state index contributed by atoms with van der Waals surface area (Å²) in [4.78, 5) is 38.1. The summed E-state index contributed by atoms with van der Waals surface area (Å²) in [6, 6.07) is 4.88. The van der Waals surface area contributed by atoms with E-state index in [4.69, 9.17) is 21.1 Å². The number of hydrogen-bond donors (Lipinski definition) is 2. The van der Waals surface area contributed by atoms with E-state index in [0.717, 1.165) is 21.8 Å². The summed E-state index contributed by atoms with van der Waals surface area (Å²) in [5.74, 6) is -0.261. The molecule has 0 spiro atoms. The van der Waals surface area contributed by atoms with Crippen molar-refractivity contribution in [3.05, 3.63) is 35.6 Å². The maximum absolute atomic E-state index is 13.6. The molecule has 192 valence electrons. The summed E-state index contributed by atoms with van der Waals surface area (Å²) >= 11 is 6.42. The van der Waals surface area contributed by atoms with E-state index in [-0.39, 0.29) is 37.2 Å². The van der Waals surface area contributed by atoms with Crippen LogP contribution in [-0.2, 0) is 19.1 Å². The van der Waals surface area contributed by atoms with Crippen LogP contribution in [0.5, 0.6) is 0 Å². The van der Waals surface area contributed by atoms with E-state index in [1.807, 2.05) is 49.6 Å². The molecule has 36 heavy (non-hydrogen) atoms. The molecule has 5 rings (SSSR count). The number of nitrogens with zero attached hydrogens (tertiary/aromatic N) is 3. The molecule has 2 aliphatic rings. The van der Waals surface area contributed by atoms with Gasteiger partial charge in [0.25, 0.3) is 0 Å². The standard InChI is InChI=1S/C26H32ClN5O4/c1-15-10-31(11-16(2)36-15)23(33)12-32-14-26(3,4)35-13-22(32)25(34)30-20-8-17(27)7-19-18-5-6-28-9-21(18)29-24(19)20/h5-9,15-16,22,29H,10-14H2,1-4H3,(H,30,34)/t15-,16+,22?. The van der Waals surface area contributed by atoms with Gasteiger partial charge in [-0.2, -0.15) is 0 Å². The molecule has 1 aromatic carbocycles. The Hall–Kier alpha value is -2.72. The molecule has 2 fully saturated rings. The zero-order valence-electron chi connectivity index (χ0n) is 21.0. The average Bonchev–Trinajstić information content (AvgIpc) is 3.16. The van der Waals surface area contributed by atoms with E-state index in [1.54, 1.807) is 18.5 Å². The zero-order chi connectivity index (χ0) is 25.6. The quantitative estimate of drug-likeness (QED) is 0.554. The first-order valence-corrected chi connectivity index (χ1v) is 12.6. The lowest BCUT2D eigenvalue weighted by atomic mass is 10.0. The van der Waals surface area contributed by atoms with Crippen LogP contribution in [0.3, 0.4) is 0 Å². The number of amides is 2. The SMILES string of the molecule is C[C@@H]1CN(C(=O)CN2CC(C)(C)OCC2C(=O)Nc2cc(Cl)cc3c2[nH]c2cnccc23)C[C@H](C)O1. The predicted molar refractivity (Wildman–Crippen MR) is 139 cm³/mol. The first kappa shape index (κ1) is 25.0. The highest BCUT2D eigenvalue weighted by Crippen LogP contribution is 2.33. The summed E-state index contributed by atoms with van der Waals surface area (Å²) in [6.07, 6.45) is 3.43. The third-order valence-electron chi connectivity index (χ3n) is 6.80. The normalized spacial score (nSPS) is 24.8. The van der Waals surface area contributed by atoms with E-state index >= 15 is 0 Å². The molecule has 10 heteroatoms. The highest BCUT2D eigenvalue weighted by Gasteiger charge is 2.39. The van der Waals surface area contributed by atoms with E-state index in [1.165, 1.54) is 0 Å². The molecule has 2 saturated heterocycles. The second-order valence-corrected chi connectivity index (χ2v) is 10.9. The third kappa shape index (κ3) is 5.06. The molecule has 0 aliphatic carbocycles. The highest BCUT2D eigenvalue weighted by atomic mass is 35.5. The first-order chi connectivity index (χ1) is 17.1. The number of morpholine rings is 2. The fraction of sp³-hybridized carbons (Fsp3) is 0.500. The van der Waals surface area contributed by atoms with Crippen molar-refractivity contribution >= 4 is 50.9 Å². The van der Waals surface area contributed by atoms with Crippen LogP contribution in [0.2, 0.25) is 5.02 Å².